The smallest absolute Gasteiger partial charge is 0.433 e. The van der Waals surface area contributed by atoms with E-state index < -0.39 is 28.7 Å². The lowest BCUT2D eigenvalue weighted by molar-refractivity contribution is -0.402. The van der Waals surface area contributed by atoms with Gasteiger partial charge in [0.15, 0.2) is 0 Å². The SMILES string of the molecule is O=C(O)C1CCC(=O)N(C2CC2)C1c1ccc([N+](=O)[O-])o1. The first-order valence-corrected chi connectivity index (χ1v) is 6.77. The van der Waals surface area contributed by atoms with E-state index in [1.807, 2.05) is 0 Å². The maximum Gasteiger partial charge on any atom is 0.433 e. The molecule has 2 unspecified atom stereocenters. The molecular formula is C13H14N2O6. The van der Waals surface area contributed by atoms with Gasteiger partial charge >= 0.3 is 11.9 Å². The highest BCUT2D eigenvalue weighted by atomic mass is 16.6. The van der Waals surface area contributed by atoms with Crippen LogP contribution in [0.2, 0.25) is 0 Å². The number of furan rings is 1. The minimum absolute atomic E-state index is 0.0220. The number of amides is 1. The maximum absolute atomic E-state index is 12.1. The Morgan fingerprint density at radius 1 is 1.38 bits per heavy atom. The summed E-state index contributed by atoms with van der Waals surface area (Å²) in [4.78, 5) is 35.2. The van der Waals surface area contributed by atoms with E-state index in [1.54, 1.807) is 4.90 Å². The van der Waals surface area contributed by atoms with Crippen LogP contribution in [0.4, 0.5) is 5.88 Å². The van der Waals surface area contributed by atoms with E-state index in [9.17, 15) is 24.8 Å². The van der Waals surface area contributed by atoms with Crippen molar-refractivity contribution in [3.8, 4) is 0 Å². The van der Waals surface area contributed by atoms with Crippen molar-refractivity contribution in [2.45, 2.75) is 37.8 Å². The molecule has 1 amide bonds. The number of carbonyl (C=O) groups excluding carboxylic acids is 1. The average Bonchev–Trinajstić information content (AvgIpc) is 3.13. The largest absolute Gasteiger partial charge is 0.481 e. The van der Waals surface area contributed by atoms with E-state index in [0.717, 1.165) is 12.8 Å². The zero-order chi connectivity index (χ0) is 15.1. The number of carboxylic acids is 1. The van der Waals surface area contributed by atoms with Crippen LogP contribution in [0.5, 0.6) is 0 Å². The Balaban J connectivity index is 1.99. The van der Waals surface area contributed by atoms with Crippen LogP contribution < -0.4 is 0 Å². The molecule has 0 aromatic carbocycles. The molecule has 2 aliphatic rings. The van der Waals surface area contributed by atoms with Gasteiger partial charge in [-0.15, -0.1) is 0 Å². The lowest BCUT2D eigenvalue weighted by Crippen LogP contribution is -2.46. The molecule has 1 N–H and O–H groups in total. The molecule has 8 heteroatoms. The summed E-state index contributed by atoms with van der Waals surface area (Å²) in [5.74, 6) is -2.19. The van der Waals surface area contributed by atoms with Gasteiger partial charge in [0, 0.05) is 12.5 Å². The van der Waals surface area contributed by atoms with Gasteiger partial charge < -0.3 is 14.4 Å². The average molecular weight is 294 g/mol. The van der Waals surface area contributed by atoms with Crippen molar-refractivity contribution in [1.29, 1.82) is 0 Å². The van der Waals surface area contributed by atoms with Crippen molar-refractivity contribution in [3.05, 3.63) is 28.0 Å². The monoisotopic (exact) mass is 294 g/mol. The number of hydrogen-bond donors (Lipinski definition) is 1. The van der Waals surface area contributed by atoms with Crippen molar-refractivity contribution < 1.29 is 24.0 Å². The molecule has 21 heavy (non-hydrogen) atoms. The topological polar surface area (TPSA) is 114 Å². The number of hydrogen-bond acceptors (Lipinski definition) is 5. The molecule has 0 bridgehead atoms. The molecule has 3 rings (SSSR count). The Morgan fingerprint density at radius 3 is 2.62 bits per heavy atom. The van der Waals surface area contributed by atoms with Crippen LogP contribution in [0, 0.1) is 16.0 Å². The molecule has 2 heterocycles. The molecule has 0 radical (unpaired) electrons. The number of likely N-dealkylation sites (tertiary alicyclic amines) is 1. The molecule has 1 aliphatic carbocycles. The maximum atomic E-state index is 12.1. The Bertz CT molecular complexity index is 606. The highest BCUT2D eigenvalue weighted by Crippen LogP contribution is 2.44. The molecular weight excluding hydrogens is 280 g/mol. The predicted molar refractivity (Wildman–Crippen MR) is 68.3 cm³/mol. The Morgan fingerprint density at radius 2 is 2.10 bits per heavy atom. The van der Waals surface area contributed by atoms with Crippen LogP contribution in [0.1, 0.15) is 37.5 Å². The lowest BCUT2D eigenvalue weighted by Gasteiger charge is -2.38. The molecule has 2 atom stereocenters. The van der Waals surface area contributed by atoms with Crippen molar-refractivity contribution in [3.63, 3.8) is 0 Å². The second-order valence-electron chi connectivity index (χ2n) is 5.39. The van der Waals surface area contributed by atoms with Crippen LogP contribution in [-0.4, -0.2) is 32.8 Å². The third-order valence-electron chi connectivity index (χ3n) is 3.98. The summed E-state index contributed by atoms with van der Waals surface area (Å²) in [6, 6.07) is 1.85. The van der Waals surface area contributed by atoms with Crippen molar-refractivity contribution in [2.24, 2.45) is 5.92 Å². The normalized spacial score (nSPS) is 25.9. The van der Waals surface area contributed by atoms with Gasteiger partial charge in [-0.05, 0) is 25.3 Å². The summed E-state index contributed by atoms with van der Waals surface area (Å²) in [6.07, 6.45) is 2.07. The van der Waals surface area contributed by atoms with E-state index in [4.69, 9.17) is 4.42 Å². The number of nitro groups is 1. The fraction of sp³-hybridized carbons (Fsp3) is 0.538. The third-order valence-corrected chi connectivity index (χ3v) is 3.98. The zero-order valence-corrected chi connectivity index (χ0v) is 11.1. The molecule has 1 aromatic heterocycles. The summed E-state index contributed by atoms with van der Waals surface area (Å²) >= 11 is 0. The Hall–Kier alpha value is -2.38. The molecule has 1 saturated carbocycles. The number of nitrogens with zero attached hydrogens (tertiary/aromatic N) is 2. The summed E-state index contributed by atoms with van der Waals surface area (Å²) in [5.41, 5.74) is 0. The first-order chi connectivity index (χ1) is 9.99. The van der Waals surface area contributed by atoms with Gasteiger partial charge in [-0.1, -0.05) is 0 Å². The Labute approximate surface area is 119 Å². The highest BCUT2D eigenvalue weighted by molar-refractivity contribution is 5.82. The first-order valence-electron chi connectivity index (χ1n) is 6.77. The zero-order valence-electron chi connectivity index (χ0n) is 11.1. The molecule has 8 nitrogen and oxygen atoms in total. The van der Waals surface area contributed by atoms with Crippen molar-refractivity contribution in [2.75, 3.05) is 0 Å². The van der Waals surface area contributed by atoms with E-state index in [1.165, 1.54) is 12.1 Å². The molecule has 1 saturated heterocycles. The van der Waals surface area contributed by atoms with Gasteiger partial charge in [0.2, 0.25) is 5.91 Å². The second kappa shape index (κ2) is 4.87. The summed E-state index contributed by atoms with van der Waals surface area (Å²) in [7, 11) is 0. The fourth-order valence-corrected chi connectivity index (χ4v) is 2.89. The fourth-order valence-electron chi connectivity index (χ4n) is 2.89. The summed E-state index contributed by atoms with van der Waals surface area (Å²) < 4.78 is 5.17. The number of aliphatic carboxylic acids is 1. The number of rotatable bonds is 4. The summed E-state index contributed by atoms with van der Waals surface area (Å²) in [5, 5.41) is 20.1. The summed E-state index contributed by atoms with van der Waals surface area (Å²) in [6.45, 7) is 0. The molecule has 1 aromatic rings. The van der Waals surface area contributed by atoms with Gasteiger partial charge in [-0.2, -0.15) is 0 Å². The molecule has 0 spiro atoms. The second-order valence-corrected chi connectivity index (χ2v) is 5.39. The van der Waals surface area contributed by atoms with Crippen LogP contribution in [0.25, 0.3) is 0 Å². The molecule has 1 aliphatic heterocycles. The van der Waals surface area contributed by atoms with Gasteiger partial charge in [0.05, 0.1) is 12.0 Å². The van der Waals surface area contributed by atoms with Crippen LogP contribution >= 0.6 is 0 Å². The molecule has 112 valence electrons. The number of piperidine rings is 1. The third kappa shape index (κ3) is 2.37. The number of carboxylic acid groups (broad SMARTS) is 1. The van der Waals surface area contributed by atoms with E-state index in [0.29, 0.717) is 0 Å². The van der Waals surface area contributed by atoms with Crippen molar-refractivity contribution in [1.82, 2.24) is 4.90 Å². The minimum atomic E-state index is -1.02. The Kier molecular flexibility index (Phi) is 3.15. The van der Waals surface area contributed by atoms with Gasteiger partial charge in [-0.3, -0.25) is 19.7 Å². The van der Waals surface area contributed by atoms with Gasteiger partial charge in [-0.25, -0.2) is 0 Å². The number of carbonyl (C=O) groups is 2. The first kappa shape index (κ1) is 13.6. The minimum Gasteiger partial charge on any atom is -0.481 e. The highest BCUT2D eigenvalue weighted by Gasteiger charge is 2.48. The van der Waals surface area contributed by atoms with Crippen LogP contribution in [-0.2, 0) is 9.59 Å². The van der Waals surface area contributed by atoms with Crippen molar-refractivity contribution >= 4 is 17.8 Å². The van der Waals surface area contributed by atoms with Gasteiger partial charge in [0.25, 0.3) is 0 Å². The van der Waals surface area contributed by atoms with E-state index >= 15 is 0 Å². The van der Waals surface area contributed by atoms with Crippen LogP contribution in [0.15, 0.2) is 16.5 Å². The van der Waals surface area contributed by atoms with Gasteiger partial charge in [0.1, 0.15) is 16.7 Å². The standard InChI is InChI=1S/C13H14N2O6/c16-10-5-3-8(13(17)18)12(14(10)7-1-2-7)9-4-6-11(21-9)15(19)20/h4,6-8,12H,1-3,5H2,(H,17,18). The predicted octanol–water partition coefficient (Wildman–Crippen LogP) is 1.71. The van der Waals surface area contributed by atoms with Crippen LogP contribution in [0.3, 0.4) is 0 Å². The van der Waals surface area contributed by atoms with E-state index in [2.05, 4.69) is 0 Å². The van der Waals surface area contributed by atoms with E-state index in [-0.39, 0.29) is 30.6 Å². The lowest BCUT2D eigenvalue weighted by atomic mass is 9.87. The molecule has 2 fully saturated rings. The quantitative estimate of drug-likeness (QED) is 0.668.